The zero-order chi connectivity index (χ0) is 23.6. The molecule has 176 valence electrons. The molecule has 33 heavy (non-hydrogen) atoms. The van der Waals surface area contributed by atoms with Gasteiger partial charge in [-0.05, 0) is 12.1 Å². The van der Waals surface area contributed by atoms with E-state index in [0.29, 0.717) is 16.7 Å². The second-order valence-electron chi connectivity index (χ2n) is 7.43. The molecule has 2 aromatic heterocycles. The number of aromatic nitrogens is 4. The van der Waals surface area contributed by atoms with Crippen molar-refractivity contribution in [3.8, 4) is 0 Å². The molecule has 1 saturated heterocycles. The van der Waals surface area contributed by atoms with Crippen LogP contribution in [0.25, 0.3) is 11.2 Å². The van der Waals surface area contributed by atoms with Crippen LogP contribution in [0.1, 0.15) is 16.6 Å². The monoisotopic (exact) mass is 477 g/mol. The molecule has 3 heterocycles. The minimum atomic E-state index is -3.70. The fourth-order valence-electron chi connectivity index (χ4n) is 3.71. The molecule has 1 aliphatic heterocycles. The summed E-state index contributed by atoms with van der Waals surface area (Å²) in [6, 6.07) is 8.73. The van der Waals surface area contributed by atoms with Gasteiger partial charge in [-0.1, -0.05) is 18.2 Å². The van der Waals surface area contributed by atoms with E-state index in [1.807, 2.05) is 6.07 Å². The predicted molar refractivity (Wildman–Crippen MR) is 117 cm³/mol. The van der Waals surface area contributed by atoms with Gasteiger partial charge in [-0.2, -0.15) is 0 Å². The number of anilines is 1. The molecule has 0 spiro atoms. The summed E-state index contributed by atoms with van der Waals surface area (Å²) in [5.41, 5.74) is 1.24. The van der Waals surface area contributed by atoms with Gasteiger partial charge in [0.2, 0.25) is 0 Å². The van der Waals surface area contributed by atoms with Gasteiger partial charge in [0.25, 0.3) is 5.91 Å². The number of carbonyl (C=O) groups excluding carboxylic acids is 1. The number of nitrogens with zero attached hydrogens (tertiary/aromatic N) is 4. The number of ether oxygens (including phenoxy) is 3. The lowest BCUT2D eigenvalue weighted by Gasteiger charge is -2.22. The summed E-state index contributed by atoms with van der Waals surface area (Å²) < 4.78 is 35.5. The van der Waals surface area contributed by atoms with Crippen molar-refractivity contribution in [1.29, 1.82) is 0 Å². The topological polar surface area (TPSA) is 147 Å². The normalized spacial score (nSPS) is 24.6. The maximum absolute atomic E-state index is 12.6. The zero-order valence-electron chi connectivity index (χ0n) is 18.2. The molecule has 13 heteroatoms. The summed E-state index contributed by atoms with van der Waals surface area (Å²) in [5.74, 6) is -0.0864. The molecule has 0 bridgehead atoms. The minimum Gasteiger partial charge on any atom is -0.376 e. The van der Waals surface area contributed by atoms with Gasteiger partial charge in [-0.25, -0.2) is 15.0 Å². The lowest BCUT2D eigenvalue weighted by Crippen LogP contribution is -2.36. The van der Waals surface area contributed by atoms with Crippen LogP contribution in [0.5, 0.6) is 0 Å². The Balaban J connectivity index is 1.62. The molecule has 1 aromatic carbocycles. The first kappa shape index (κ1) is 23.4. The van der Waals surface area contributed by atoms with Crippen LogP contribution in [0.15, 0.2) is 43.0 Å². The van der Waals surface area contributed by atoms with Gasteiger partial charge in [-0.3, -0.25) is 13.9 Å². The van der Waals surface area contributed by atoms with Crippen molar-refractivity contribution in [1.82, 2.24) is 19.5 Å². The number of fused-ring (bicyclic) bond motifs is 1. The molecule has 0 radical (unpaired) electrons. The summed E-state index contributed by atoms with van der Waals surface area (Å²) >= 11 is 0. The molecule has 5 unspecified atom stereocenters. The molecule has 5 atom stereocenters. The van der Waals surface area contributed by atoms with Crippen molar-refractivity contribution in [2.45, 2.75) is 24.5 Å². The zero-order valence-corrected chi connectivity index (χ0v) is 19.1. The summed E-state index contributed by atoms with van der Waals surface area (Å²) in [4.78, 5) is 34.9. The molecular formula is C20H24N5O7P. The number of nitrogens with one attached hydrogen (secondary N) is 1. The first-order valence-electron chi connectivity index (χ1n) is 10.0. The predicted octanol–water partition coefficient (Wildman–Crippen LogP) is 1.84. The molecule has 12 nitrogen and oxygen atoms in total. The molecule has 3 aromatic rings. The van der Waals surface area contributed by atoms with E-state index >= 15 is 0 Å². The molecule has 1 aliphatic rings. The Morgan fingerprint density at radius 2 is 1.91 bits per heavy atom. The van der Waals surface area contributed by atoms with Gasteiger partial charge in [-0.15, -0.1) is 0 Å². The fraction of sp³-hybridized carbons (Fsp3) is 0.400. The van der Waals surface area contributed by atoms with E-state index in [0.717, 1.165) is 6.66 Å². The van der Waals surface area contributed by atoms with E-state index in [2.05, 4.69) is 20.3 Å². The van der Waals surface area contributed by atoms with Crippen LogP contribution in [0.2, 0.25) is 0 Å². The van der Waals surface area contributed by atoms with E-state index in [4.69, 9.17) is 18.7 Å². The molecule has 0 aliphatic carbocycles. The van der Waals surface area contributed by atoms with Gasteiger partial charge in [0.1, 0.15) is 24.6 Å². The van der Waals surface area contributed by atoms with Crippen LogP contribution in [-0.2, 0) is 23.3 Å². The lowest BCUT2D eigenvalue weighted by atomic mass is 10.1. The number of hydrogen-bond acceptors (Lipinski definition) is 9. The Kier molecular flexibility index (Phi) is 6.84. The van der Waals surface area contributed by atoms with Gasteiger partial charge in [0.05, 0.1) is 12.9 Å². The highest BCUT2D eigenvalue weighted by Crippen LogP contribution is 2.40. The number of benzene rings is 1. The van der Waals surface area contributed by atoms with Crippen molar-refractivity contribution in [2.75, 3.05) is 32.8 Å². The van der Waals surface area contributed by atoms with Crippen molar-refractivity contribution >= 4 is 30.5 Å². The second-order valence-corrected chi connectivity index (χ2v) is 9.30. The first-order valence-corrected chi connectivity index (χ1v) is 12.0. The van der Waals surface area contributed by atoms with Gasteiger partial charge < -0.3 is 28.9 Å². The Labute approximate surface area is 189 Å². The number of carbonyl (C=O) groups is 1. The average Bonchev–Trinajstić information content (AvgIpc) is 3.39. The number of imidazole rings is 1. The molecular weight excluding hydrogens is 453 g/mol. The standard InChI is InChI=1S/C20H24N5O7P/c1-29-15-13(9-31-33(3,27)28)32-20(16(15)30-2)25-11-23-14-17(21-10-22-18(14)25)24-19(26)12-7-5-4-6-8-12/h4-8,10-11,13,15-16,20H,9H2,1-3H3,(H,27,28)(H,21,22,24,26). The Morgan fingerprint density at radius 3 is 2.58 bits per heavy atom. The van der Waals surface area contributed by atoms with Crippen molar-refractivity contribution in [2.24, 2.45) is 0 Å². The van der Waals surface area contributed by atoms with Crippen molar-refractivity contribution in [3.63, 3.8) is 0 Å². The third-order valence-electron chi connectivity index (χ3n) is 5.21. The Morgan fingerprint density at radius 1 is 1.18 bits per heavy atom. The van der Waals surface area contributed by atoms with E-state index in [-0.39, 0.29) is 18.3 Å². The number of methoxy groups -OCH3 is 2. The average molecular weight is 477 g/mol. The molecule has 1 fully saturated rings. The smallest absolute Gasteiger partial charge is 0.325 e. The van der Waals surface area contributed by atoms with E-state index < -0.39 is 32.1 Å². The van der Waals surface area contributed by atoms with Crippen LogP contribution < -0.4 is 5.32 Å². The summed E-state index contributed by atoms with van der Waals surface area (Å²) in [6.07, 6.45) is 0.242. The first-order chi connectivity index (χ1) is 15.8. The van der Waals surface area contributed by atoms with E-state index in [1.165, 1.54) is 26.9 Å². The number of amides is 1. The largest absolute Gasteiger partial charge is 0.376 e. The maximum Gasteiger partial charge on any atom is 0.325 e. The molecule has 4 rings (SSSR count). The van der Waals surface area contributed by atoms with Gasteiger partial charge >= 0.3 is 7.60 Å². The maximum atomic E-state index is 12.6. The van der Waals surface area contributed by atoms with Crippen LogP contribution in [0.3, 0.4) is 0 Å². The van der Waals surface area contributed by atoms with Gasteiger partial charge in [0, 0.05) is 26.4 Å². The SMILES string of the molecule is COC1C(COP(C)(=O)O)OC(n2cnc3c(NC(=O)c4ccccc4)ncnc32)C1OC. The molecule has 2 N–H and O–H groups in total. The minimum absolute atomic E-state index is 0.168. The molecule has 0 saturated carbocycles. The number of rotatable bonds is 8. The Hall–Kier alpha value is -2.73. The summed E-state index contributed by atoms with van der Waals surface area (Å²) in [7, 11) is -0.706. The van der Waals surface area contributed by atoms with Crippen LogP contribution in [-0.4, -0.2) is 76.1 Å². The van der Waals surface area contributed by atoms with Crippen LogP contribution in [0, 0.1) is 0 Å². The van der Waals surface area contributed by atoms with Crippen LogP contribution >= 0.6 is 7.60 Å². The van der Waals surface area contributed by atoms with Crippen molar-refractivity contribution in [3.05, 3.63) is 48.5 Å². The second kappa shape index (κ2) is 9.64. The third-order valence-corrected chi connectivity index (χ3v) is 5.84. The van der Waals surface area contributed by atoms with Crippen molar-refractivity contribution < 1.29 is 33.0 Å². The van der Waals surface area contributed by atoms with Gasteiger partial charge in [0.15, 0.2) is 23.2 Å². The summed E-state index contributed by atoms with van der Waals surface area (Å²) in [5, 5.41) is 2.75. The van der Waals surface area contributed by atoms with E-state index in [1.54, 1.807) is 28.8 Å². The third kappa shape index (κ3) is 4.96. The highest BCUT2D eigenvalue weighted by atomic mass is 31.2. The summed E-state index contributed by atoms with van der Waals surface area (Å²) in [6.45, 7) is 0.930. The highest BCUT2D eigenvalue weighted by Gasteiger charge is 2.47. The Bertz CT molecular complexity index is 1170. The molecule has 1 amide bonds. The van der Waals surface area contributed by atoms with E-state index in [9.17, 15) is 14.3 Å². The highest BCUT2D eigenvalue weighted by molar-refractivity contribution is 7.51. The van der Waals surface area contributed by atoms with Crippen LogP contribution in [0.4, 0.5) is 5.82 Å². The lowest BCUT2D eigenvalue weighted by molar-refractivity contribution is -0.0565. The fourth-order valence-corrected chi connectivity index (χ4v) is 4.14. The number of hydrogen-bond donors (Lipinski definition) is 2. The quantitative estimate of drug-likeness (QED) is 0.461.